The van der Waals surface area contributed by atoms with Gasteiger partial charge in [0.1, 0.15) is 0 Å². The molecule has 0 aliphatic heterocycles. The molecule has 1 N–H and O–H groups in total. The highest BCUT2D eigenvalue weighted by Gasteiger charge is 2.33. The fourth-order valence-electron chi connectivity index (χ4n) is 2.47. The smallest absolute Gasteiger partial charge is 0.0419 e. The lowest BCUT2D eigenvalue weighted by atomic mass is 9.92. The Labute approximate surface area is 105 Å². The molecule has 94 valence electrons. The van der Waals surface area contributed by atoms with Gasteiger partial charge in [0.2, 0.25) is 0 Å². The van der Waals surface area contributed by atoms with E-state index in [4.69, 9.17) is 0 Å². The Morgan fingerprint density at radius 1 is 1.41 bits per heavy atom. The van der Waals surface area contributed by atoms with Crippen LogP contribution in [-0.2, 0) is 6.42 Å². The van der Waals surface area contributed by atoms with E-state index >= 15 is 0 Å². The summed E-state index contributed by atoms with van der Waals surface area (Å²) in [6, 6.07) is 6.81. The molecule has 1 heterocycles. The van der Waals surface area contributed by atoms with Crippen LogP contribution < -0.4 is 5.32 Å². The summed E-state index contributed by atoms with van der Waals surface area (Å²) in [5, 5.41) is 3.70. The van der Waals surface area contributed by atoms with Crippen molar-refractivity contribution in [1.82, 2.24) is 10.3 Å². The van der Waals surface area contributed by atoms with Crippen molar-refractivity contribution in [2.45, 2.75) is 45.6 Å². The molecule has 1 saturated carbocycles. The summed E-state index contributed by atoms with van der Waals surface area (Å²) < 4.78 is 0. The molecule has 1 aromatic heterocycles. The van der Waals surface area contributed by atoms with Crippen LogP contribution in [0.1, 0.15) is 38.8 Å². The highest BCUT2D eigenvalue weighted by molar-refractivity contribution is 5.06. The minimum Gasteiger partial charge on any atom is -0.313 e. The van der Waals surface area contributed by atoms with Gasteiger partial charge in [-0.05, 0) is 49.8 Å². The van der Waals surface area contributed by atoms with Crippen LogP contribution in [0.5, 0.6) is 0 Å². The first-order chi connectivity index (χ1) is 8.31. The molecule has 2 rings (SSSR count). The van der Waals surface area contributed by atoms with Gasteiger partial charge in [-0.1, -0.05) is 19.9 Å². The first-order valence-electron chi connectivity index (χ1n) is 6.94. The zero-order valence-electron chi connectivity index (χ0n) is 11.0. The van der Waals surface area contributed by atoms with Gasteiger partial charge in [0.25, 0.3) is 0 Å². The van der Waals surface area contributed by atoms with Crippen molar-refractivity contribution < 1.29 is 0 Å². The third kappa shape index (κ3) is 3.81. The van der Waals surface area contributed by atoms with Gasteiger partial charge in [-0.15, -0.1) is 0 Å². The van der Waals surface area contributed by atoms with E-state index in [-0.39, 0.29) is 0 Å². The molecule has 2 nitrogen and oxygen atoms in total. The molecule has 1 aliphatic carbocycles. The van der Waals surface area contributed by atoms with Crippen LogP contribution in [0.4, 0.5) is 0 Å². The van der Waals surface area contributed by atoms with Gasteiger partial charge < -0.3 is 5.32 Å². The predicted molar refractivity (Wildman–Crippen MR) is 71.9 cm³/mol. The average molecular weight is 232 g/mol. The third-order valence-electron chi connectivity index (χ3n) is 3.81. The average Bonchev–Trinajstić information content (AvgIpc) is 3.19. The van der Waals surface area contributed by atoms with Crippen molar-refractivity contribution in [3.63, 3.8) is 0 Å². The fourth-order valence-corrected chi connectivity index (χ4v) is 2.47. The van der Waals surface area contributed by atoms with Gasteiger partial charge in [-0.2, -0.15) is 0 Å². The van der Waals surface area contributed by atoms with E-state index in [0.29, 0.717) is 6.04 Å². The topological polar surface area (TPSA) is 24.9 Å². The lowest BCUT2D eigenvalue weighted by Crippen LogP contribution is -2.38. The molecule has 2 heteroatoms. The molecule has 2 atom stereocenters. The highest BCUT2D eigenvalue weighted by atomic mass is 14.9. The molecule has 0 radical (unpaired) electrons. The predicted octanol–water partition coefficient (Wildman–Crippen LogP) is 3.04. The third-order valence-corrected chi connectivity index (χ3v) is 3.81. The van der Waals surface area contributed by atoms with E-state index in [1.54, 1.807) is 0 Å². The summed E-state index contributed by atoms with van der Waals surface area (Å²) in [6.45, 7) is 5.75. The Balaban J connectivity index is 1.94. The first kappa shape index (κ1) is 12.6. The maximum atomic E-state index is 4.45. The van der Waals surface area contributed by atoms with Crippen LogP contribution in [0.15, 0.2) is 24.4 Å². The molecule has 17 heavy (non-hydrogen) atoms. The Morgan fingerprint density at radius 2 is 2.24 bits per heavy atom. The van der Waals surface area contributed by atoms with Crippen LogP contribution >= 0.6 is 0 Å². The minimum absolute atomic E-state index is 0.595. The zero-order chi connectivity index (χ0) is 12.1. The Hall–Kier alpha value is -0.890. The van der Waals surface area contributed by atoms with Crippen LogP contribution in [0.2, 0.25) is 0 Å². The molecule has 0 aromatic carbocycles. The molecule has 0 spiro atoms. The summed E-state index contributed by atoms with van der Waals surface area (Å²) in [5.74, 6) is 1.73. The number of rotatable bonds is 7. The van der Waals surface area contributed by atoms with Gasteiger partial charge in [0.15, 0.2) is 0 Å². The number of nitrogens with zero attached hydrogens (tertiary/aromatic N) is 1. The van der Waals surface area contributed by atoms with Crippen LogP contribution in [0.3, 0.4) is 0 Å². The Bertz CT molecular complexity index is 319. The van der Waals surface area contributed by atoms with Gasteiger partial charge in [0, 0.05) is 24.4 Å². The van der Waals surface area contributed by atoms with E-state index < -0.39 is 0 Å². The number of aromatic nitrogens is 1. The molecule has 0 bridgehead atoms. The monoisotopic (exact) mass is 232 g/mol. The van der Waals surface area contributed by atoms with Crippen LogP contribution in [-0.4, -0.2) is 17.6 Å². The van der Waals surface area contributed by atoms with Gasteiger partial charge in [0.05, 0.1) is 0 Å². The molecule has 2 unspecified atom stereocenters. The molecular formula is C15H24N2. The number of nitrogens with one attached hydrogen (secondary N) is 1. The van der Waals surface area contributed by atoms with Crippen molar-refractivity contribution >= 4 is 0 Å². The van der Waals surface area contributed by atoms with Crippen LogP contribution in [0.25, 0.3) is 0 Å². The Kier molecular flexibility index (Phi) is 4.55. The van der Waals surface area contributed by atoms with Crippen molar-refractivity contribution in [3.8, 4) is 0 Å². The van der Waals surface area contributed by atoms with E-state index in [1.165, 1.54) is 25.0 Å². The number of hydrogen-bond acceptors (Lipinski definition) is 2. The van der Waals surface area contributed by atoms with Crippen molar-refractivity contribution in [3.05, 3.63) is 30.1 Å². The fraction of sp³-hybridized carbons (Fsp3) is 0.667. The number of pyridine rings is 1. The second-order valence-electron chi connectivity index (χ2n) is 5.28. The quantitative estimate of drug-likeness (QED) is 0.781. The van der Waals surface area contributed by atoms with Gasteiger partial charge >= 0.3 is 0 Å². The normalized spacial score (nSPS) is 18.9. The second kappa shape index (κ2) is 6.15. The summed E-state index contributed by atoms with van der Waals surface area (Å²) >= 11 is 0. The minimum atomic E-state index is 0.595. The summed E-state index contributed by atoms with van der Waals surface area (Å²) in [6.07, 6.45) is 7.02. The molecule has 0 saturated heterocycles. The summed E-state index contributed by atoms with van der Waals surface area (Å²) in [5.41, 5.74) is 1.22. The zero-order valence-corrected chi connectivity index (χ0v) is 11.0. The van der Waals surface area contributed by atoms with Crippen molar-refractivity contribution in [2.75, 3.05) is 6.54 Å². The first-order valence-corrected chi connectivity index (χ1v) is 6.94. The van der Waals surface area contributed by atoms with E-state index in [2.05, 4.69) is 36.3 Å². The maximum Gasteiger partial charge on any atom is 0.0419 e. The second-order valence-corrected chi connectivity index (χ2v) is 5.28. The van der Waals surface area contributed by atoms with E-state index in [0.717, 1.165) is 24.8 Å². The molecular weight excluding hydrogens is 208 g/mol. The molecule has 1 fully saturated rings. The molecule has 1 aromatic rings. The van der Waals surface area contributed by atoms with E-state index in [1.807, 2.05) is 12.3 Å². The van der Waals surface area contributed by atoms with Crippen molar-refractivity contribution in [1.29, 1.82) is 0 Å². The molecule has 1 aliphatic rings. The van der Waals surface area contributed by atoms with E-state index in [9.17, 15) is 0 Å². The van der Waals surface area contributed by atoms with Gasteiger partial charge in [-0.3, -0.25) is 4.98 Å². The highest BCUT2D eigenvalue weighted by Crippen LogP contribution is 2.38. The lowest BCUT2D eigenvalue weighted by molar-refractivity contribution is 0.337. The lowest BCUT2D eigenvalue weighted by Gasteiger charge is -2.25. The van der Waals surface area contributed by atoms with Gasteiger partial charge in [-0.25, -0.2) is 0 Å². The standard InChI is InChI=1S/C15H24N2/c1-3-9-17-15(12(2)13-7-8-13)11-14-6-4-5-10-16-14/h4-6,10,12-13,15,17H,3,7-9,11H2,1-2H3. The largest absolute Gasteiger partial charge is 0.313 e. The Morgan fingerprint density at radius 3 is 2.82 bits per heavy atom. The SMILES string of the molecule is CCCNC(Cc1ccccn1)C(C)C1CC1. The maximum absolute atomic E-state index is 4.45. The van der Waals surface area contributed by atoms with Crippen LogP contribution in [0, 0.1) is 11.8 Å². The van der Waals surface area contributed by atoms with Crippen molar-refractivity contribution in [2.24, 2.45) is 11.8 Å². The number of hydrogen-bond donors (Lipinski definition) is 1. The summed E-state index contributed by atoms with van der Waals surface area (Å²) in [7, 11) is 0. The summed E-state index contributed by atoms with van der Waals surface area (Å²) in [4.78, 5) is 4.45. The molecule has 0 amide bonds.